The summed E-state index contributed by atoms with van der Waals surface area (Å²) >= 11 is 0. The SMILES string of the molecule is CCC1(CC)/C(=C2\c3ccccc3N3c4nc(C(C)(C)C)cnc4N(C4C=CC=CC4)C23)c2ccccc2N2c3ncc(C(C)(C)C)nc3N(c3ccccc3)C21. The van der Waals surface area contributed by atoms with Gasteiger partial charge in [-0.3, -0.25) is 4.90 Å². The highest BCUT2D eigenvalue weighted by atomic mass is 15.5. The Balaban J connectivity index is 1.30. The molecule has 5 aliphatic rings. The summed E-state index contributed by atoms with van der Waals surface area (Å²) in [6.45, 7) is 18.1. The van der Waals surface area contributed by atoms with Crippen molar-refractivity contribution in [2.75, 3.05) is 19.6 Å². The van der Waals surface area contributed by atoms with Gasteiger partial charge in [0.1, 0.15) is 12.3 Å². The van der Waals surface area contributed by atoms with E-state index in [0.29, 0.717) is 0 Å². The molecule has 10 rings (SSSR count). The van der Waals surface area contributed by atoms with Gasteiger partial charge < -0.3 is 14.7 Å². The average molecular weight is 753 g/mol. The van der Waals surface area contributed by atoms with E-state index in [9.17, 15) is 0 Å². The maximum Gasteiger partial charge on any atom is 0.178 e. The lowest BCUT2D eigenvalue weighted by atomic mass is 9.64. The fourth-order valence-corrected chi connectivity index (χ4v) is 10.1. The van der Waals surface area contributed by atoms with E-state index in [0.717, 1.165) is 65.3 Å². The number of rotatable bonds is 4. The number of fused-ring (bicyclic) bond motifs is 10. The first kappa shape index (κ1) is 35.6. The number of hydrogen-bond donors (Lipinski definition) is 0. The van der Waals surface area contributed by atoms with Crippen molar-refractivity contribution >= 4 is 51.5 Å². The molecule has 57 heavy (non-hydrogen) atoms. The lowest BCUT2D eigenvalue weighted by Crippen LogP contribution is -2.55. The topological polar surface area (TPSA) is 64.5 Å². The number of aromatic nitrogens is 4. The van der Waals surface area contributed by atoms with Crippen LogP contribution in [-0.4, -0.2) is 38.3 Å². The van der Waals surface area contributed by atoms with Crippen LogP contribution in [0, 0.1) is 5.41 Å². The van der Waals surface area contributed by atoms with Crippen LogP contribution in [0.25, 0.3) is 11.1 Å². The third-order valence-corrected chi connectivity index (χ3v) is 13.0. The van der Waals surface area contributed by atoms with Crippen molar-refractivity contribution < 1.29 is 0 Å². The molecular formula is C49H52N8. The van der Waals surface area contributed by atoms with Crippen LogP contribution < -0.4 is 19.6 Å². The predicted molar refractivity (Wildman–Crippen MR) is 234 cm³/mol. The third-order valence-electron chi connectivity index (χ3n) is 13.0. The zero-order chi connectivity index (χ0) is 39.4. The van der Waals surface area contributed by atoms with Crippen LogP contribution >= 0.6 is 0 Å². The molecule has 8 nitrogen and oxygen atoms in total. The van der Waals surface area contributed by atoms with Crippen LogP contribution in [0.15, 0.2) is 116 Å². The molecule has 0 radical (unpaired) electrons. The molecule has 0 spiro atoms. The molecule has 0 N–H and O–H groups in total. The number of allylic oxidation sites excluding steroid dienone is 2. The van der Waals surface area contributed by atoms with Crippen molar-refractivity contribution in [1.82, 2.24) is 19.9 Å². The zero-order valence-corrected chi connectivity index (χ0v) is 34.4. The summed E-state index contributed by atoms with van der Waals surface area (Å²) in [5.74, 6) is 3.70. The van der Waals surface area contributed by atoms with E-state index in [4.69, 9.17) is 19.9 Å². The summed E-state index contributed by atoms with van der Waals surface area (Å²) in [4.78, 5) is 31.7. The van der Waals surface area contributed by atoms with Gasteiger partial charge in [-0.15, -0.1) is 0 Å². The van der Waals surface area contributed by atoms with E-state index in [2.05, 4.69) is 178 Å². The van der Waals surface area contributed by atoms with Crippen molar-refractivity contribution in [3.63, 3.8) is 0 Å². The van der Waals surface area contributed by atoms with Gasteiger partial charge in [0, 0.05) is 38.6 Å². The van der Waals surface area contributed by atoms with Gasteiger partial charge in [0.25, 0.3) is 0 Å². The molecule has 288 valence electrons. The van der Waals surface area contributed by atoms with Gasteiger partial charge in [-0.2, -0.15) is 0 Å². The maximum atomic E-state index is 5.51. The Labute approximate surface area is 337 Å². The number of anilines is 7. The van der Waals surface area contributed by atoms with Crippen LogP contribution in [0.2, 0.25) is 0 Å². The van der Waals surface area contributed by atoms with Crippen LogP contribution in [-0.2, 0) is 10.8 Å². The van der Waals surface area contributed by atoms with Gasteiger partial charge in [-0.1, -0.05) is 134 Å². The highest BCUT2D eigenvalue weighted by Crippen LogP contribution is 2.66. The molecule has 0 bridgehead atoms. The van der Waals surface area contributed by atoms with E-state index in [-0.39, 0.29) is 34.6 Å². The van der Waals surface area contributed by atoms with Gasteiger partial charge in [-0.05, 0) is 49.1 Å². The molecule has 6 heterocycles. The average Bonchev–Trinajstić information content (AvgIpc) is 3.86. The third kappa shape index (κ3) is 5.04. The summed E-state index contributed by atoms with van der Waals surface area (Å²) in [6.07, 6.45) is 15.4. The van der Waals surface area contributed by atoms with Crippen molar-refractivity contribution in [2.24, 2.45) is 5.41 Å². The molecule has 0 saturated heterocycles. The summed E-state index contributed by atoms with van der Waals surface area (Å²) in [5, 5.41) is 0. The van der Waals surface area contributed by atoms with Crippen LogP contribution in [0.1, 0.15) is 97.2 Å². The predicted octanol–water partition coefficient (Wildman–Crippen LogP) is 11.4. The summed E-state index contributed by atoms with van der Waals surface area (Å²) in [5.41, 5.74) is 9.97. The number of benzene rings is 3. The van der Waals surface area contributed by atoms with Gasteiger partial charge in [0.05, 0.1) is 41.2 Å². The maximum absolute atomic E-state index is 5.51. The summed E-state index contributed by atoms with van der Waals surface area (Å²) in [7, 11) is 0. The lowest BCUT2D eigenvalue weighted by Gasteiger charge is -2.53. The summed E-state index contributed by atoms with van der Waals surface area (Å²) in [6, 6.07) is 29.0. The standard InChI is InChI=1S/C49H52N8/c1-9-49(10-2)40(34-26-18-20-28-36(34)57-42-43(52-37(30-51-42)47(3,4)5)55(46(49)57)32-23-15-12-16-24-32)39-33-25-17-19-27-35(33)56-44-41(50-29-38(53-44)48(6,7)8)54(45(39)56)31-21-13-11-14-22-31/h11-21,23-31,45-46H,9-10,22H2,1-8H3/b40-39+. The van der Waals surface area contributed by atoms with E-state index >= 15 is 0 Å². The second-order valence-corrected chi connectivity index (χ2v) is 18.2. The molecule has 8 heteroatoms. The summed E-state index contributed by atoms with van der Waals surface area (Å²) < 4.78 is 0. The fraction of sp³-hybridized carbons (Fsp3) is 0.347. The molecule has 0 fully saturated rings. The minimum absolute atomic E-state index is 0.109. The minimum atomic E-state index is -0.368. The Kier molecular flexibility index (Phi) is 7.89. The number of para-hydroxylation sites is 3. The smallest absolute Gasteiger partial charge is 0.178 e. The van der Waals surface area contributed by atoms with E-state index in [1.807, 2.05) is 12.4 Å². The van der Waals surface area contributed by atoms with E-state index in [1.165, 1.54) is 28.0 Å². The van der Waals surface area contributed by atoms with Crippen LogP contribution in [0.4, 0.5) is 40.3 Å². The molecule has 5 aromatic rings. The van der Waals surface area contributed by atoms with Crippen molar-refractivity contribution in [3.05, 3.63) is 138 Å². The lowest BCUT2D eigenvalue weighted by molar-refractivity contribution is 0.294. The Hall–Kier alpha value is -5.76. The molecule has 3 aromatic carbocycles. The number of nitrogens with zero attached hydrogens (tertiary/aromatic N) is 8. The Bertz CT molecular complexity index is 2500. The molecule has 3 atom stereocenters. The normalized spacial score (nSPS) is 22.6. The van der Waals surface area contributed by atoms with Crippen molar-refractivity contribution in [2.45, 2.75) is 104 Å². The van der Waals surface area contributed by atoms with E-state index < -0.39 is 0 Å². The molecule has 3 unspecified atom stereocenters. The second-order valence-electron chi connectivity index (χ2n) is 18.2. The monoisotopic (exact) mass is 752 g/mol. The highest BCUT2D eigenvalue weighted by molar-refractivity contribution is 6.11. The van der Waals surface area contributed by atoms with Crippen molar-refractivity contribution in [3.8, 4) is 0 Å². The molecule has 0 amide bonds. The Morgan fingerprint density at radius 3 is 1.82 bits per heavy atom. The first-order valence-electron chi connectivity index (χ1n) is 20.7. The molecule has 0 saturated carbocycles. The van der Waals surface area contributed by atoms with Crippen molar-refractivity contribution in [1.29, 1.82) is 0 Å². The largest absolute Gasteiger partial charge is 0.322 e. The zero-order valence-electron chi connectivity index (χ0n) is 34.4. The van der Waals surface area contributed by atoms with E-state index in [1.54, 1.807) is 0 Å². The molecule has 4 aliphatic heterocycles. The van der Waals surface area contributed by atoms with Gasteiger partial charge in [-0.25, -0.2) is 19.9 Å². The number of hydrogen-bond acceptors (Lipinski definition) is 8. The molecule has 1 aliphatic carbocycles. The Morgan fingerprint density at radius 1 is 0.632 bits per heavy atom. The second kappa shape index (κ2) is 12.6. The molecule has 2 aromatic heterocycles. The van der Waals surface area contributed by atoms with Crippen LogP contribution in [0.3, 0.4) is 0 Å². The van der Waals surface area contributed by atoms with Gasteiger partial charge in [0.15, 0.2) is 23.3 Å². The molecular weight excluding hydrogens is 701 g/mol. The van der Waals surface area contributed by atoms with Gasteiger partial charge in [0.2, 0.25) is 0 Å². The Morgan fingerprint density at radius 2 is 1.21 bits per heavy atom. The van der Waals surface area contributed by atoms with Gasteiger partial charge >= 0.3 is 0 Å². The quantitative estimate of drug-likeness (QED) is 0.180. The first-order valence-corrected chi connectivity index (χ1v) is 20.7. The highest BCUT2D eigenvalue weighted by Gasteiger charge is 2.60. The minimum Gasteiger partial charge on any atom is -0.322 e. The van der Waals surface area contributed by atoms with Crippen LogP contribution in [0.5, 0.6) is 0 Å². The fourth-order valence-electron chi connectivity index (χ4n) is 10.1. The first-order chi connectivity index (χ1) is 27.5.